The van der Waals surface area contributed by atoms with Crippen LogP contribution in [0, 0.1) is 0 Å². The van der Waals surface area contributed by atoms with E-state index < -0.39 is 13.9 Å². The van der Waals surface area contributed by atoms with Gasteiger partial charge in [0.1, 0.15) is 5.60 Å². The molecule has 0 radical (unpaired) electrons. The summed E-state index contributed by atoms with van der Waals surface area (Å²) in [4.78, 5) is 15.3. The van der Waals surface area contributed by atoms with Crippen LogP contribution in [0.4, 0.5) is 0 Å². The van der Waals surface area contributed by atoms with E-state index in [2.05, 4.69) is 74.3 Å². The van der Waals surface area contributed by atoms with E-state index >= 15 is 0 Å². The average molecular weight is 408 g/mol. The Labute approximate surface area is 174 Å². The van der Waals surface area contributed by atoms with Crippen molar-refractivity contribution in [1.29, 1.82) is 0 Å². The Morgan fingerprint density at radius 2 is 1.59 bits per heavy atom. The first-order valence-corrected chi connectivity index (χ1v) is 11.8. The zero-order valence-electron chi connectivity index (χ0n) is 17.6. The number of benzene rings is 2. The van der Waals surface area contributed by atoms with Gasteiger partial charge in [-0.05, 0) is 15.4 Å². The number of nitrogens with zero attached hydrogens (tertiary/aromatic N) is 1. The van der Waals surface area contributed by atoms with Crippen molar-refractivity contribution in [1.82, 2.24) is 0 Å². The monoisotopic (exact) mass is 407 g/mol. The SMILES string of the molecule is COC1(CO[Si](c2ccccc2)(c2ccccc2)C(C)(C)C)C=NC(C=O)=CC1. The molecule has 0 aliphatic carbocycles. The minimum atomic E-state index is -2.65. The van der Waals surface area contributed by atoms with Crippen LogP contribution in [0.2, 0.25) is 5.04 Å². The second kappa shape index (κ2) is 8.57. The molecule has 152 valence electrons. The highest BCUT2D eigenvalue weighted by atomic mass is 28.4. The molecule has 0 aromatic heterocycles. The molecule has 0 N–H and O–H groups in total. The number of allylic oxidation sites excluding steroid dienone is 1. The van der Waals surface area contributed by atoms with Gasteiger partial charge in [-0.2, -0.15) is 0 Å². The van der Waals surface area contributed by atoms with Crippen molar-refractivity contribution in [2.24, 2.45) is 4.99 Å². The standard InChI is InChI=1S/C24H29NO3Si/c1-23(2,3)29(21-11-7-5-8-12-21,22-13-9-6-10-14-22)28-19-24(27-4)16-15-20(17-26)25-18-24/h5-15,17-18H,16,19H2,1-4H3. The number of carbonyl (C=O) groups excluding carboxylic acids is 1. The van der Waals surface area contributed by atoms with Crippen LogP contribution in [0.25, 0.3) is 0 Å². The molecule has 0 amide bonds. The molecule has 1 atom stereocenters. The molecular formula is C24H29NO3Si. The molecule has 0 spiro atoms. The number of carbonyl (C=O) groups is 1. The largest absolute Gasteiger partial charge is 0.404 e. The van der Waals surface area contributed by atoms with E-state index in [1.165, 1.54) is 10.4 Å². The van der Waals surface area contributed by atoms with Crippen molar-refractivity contribution in [3.05, 3.63) is 72.4 Å². The first-order valence-electron chi connectivity index (χ1n) is 9.88. The quantitative estimate of drug-likeness (QED) is 0.521. The number of hydrogen-bond acceptors (Lipinski definition) is 4. The molecule has 29 heavy (non-hydrogen) atoms. The second-order valence-electron chi connectivity index (χ2n) is 8.43. The molecule has 3 rings (SSSR count). The fraction of sp³-hybridized carbons (Fsp3) is 0.333. The van der Waals surface area contributed by atoms with E-state index in [9.17, 15) is 4.79 Å². The third-order valence-electron chi connectivity index (χ3n) is 5.58. The summed E-state index contributed by atoms with van der Waals surface area (Å²) in [5, 5.41) is 2.34. The summed E-state index contributed by atoms with van der Waals surface area (Å²) in [5.74, 6) is 0. The predicted octanol–water partition coefficient (Wildman–Crippen LogP) is 3.51. The third-order valence-corrected chi connectivity index (χ3v) is 10.6. The second-order valence-corrected chi connectivity index (χ2v) is 12.7. The van der Waals surface area contributed by atoms with Crippen molar-refractivity contribution >= 4 is 31.2 Å². The highest BCUT2D eigenvalue weighted by Crippen LogP contribution is 2.37. The van der Waals surface area contributed by atoms with Crippen LogP contribution >= 0.6 is 0 Å². The zero-order valence-corrected chi connectivity index (χ0v) is 18.6. The number of ether oxygens (including phenoxy) is 1. The summed E-state index contributed by atoms with van der Waals surface area (Å²) < 4.78 is 12.8. The van der Waals surface area contributed by atoms with Crippen molar-refractivity contribution in [2.75, 3.05) is 13.7 Å². The van der Waals surface area contributed by atoms with E-state index in [-0.39, 0.29) is 5.04 Å². The fourth-order valence-corrected chi connectivity index (χ4v) is 8.55. The predicted molar refractivity (Wildman–Crippen MR) is 121 cm³/mol. The van der Waals surface area contributed by atoms with Crippen molar-refractivity contribution in [2.45, 2.75) is 37.8 Å². The lowest BCUT2D eigenvalue weighted by Gasteiger charge is -2.45. The first-order chi connectivity index (χ1) is 13.9. The topological polar surface area (TPSA) is 47.9 Å². The molecule has 2 aromatic carbocycles. The number of aldehydes is 1. The molecule has 5 heteroatoms. The number of aliphatic imine (C=N–C) groups is 1. The molecule has 1 heterocycles. The molecule has 1 aliphatic rings. The molecule has 4 nitrogen and oxygen atoms in total. The molecule has 0 bridgehead atoms. The van der Waals surface area contributed by atoms with Gasteiger partial charge in [0, 0.05) is 19.7 Å². The van der Waals surface area contributed by atoms with E-state index in [1.807, 2.05) is 18.2 Å². The highest BCUT2D eigenvalue weighted by Gasteiger charge is 2.51. The summed E-state index contributed by atoms with van der Waals surface area (Å²) in [6.45, 7) is 7.11. The number of rotatable bonds is 7. The van der Waals surface area contributed by atoms with E-state index in [4.69, 9.17) is 9.16 Å². The Balaban J connectivity index is 2.06. The Bertz CT molecular complexity index is 848. The smallest absolute Gasteiger partial charge is 0.261 e. The van der Waals surface area contributed by atoms with Gasteiger partial charge in [0.15, 0.2) is 6.29 Å². The van der Waals surface area contributed by atoms with E-state index in [1.54, 1.807) is 13.3 Å². The van der Waals surface area contributed by atoms with Gasteiger partial charge in [-0.1, -0.05) is 87.5 Å². The third kappa shape index (κ3) is 4.17. The normalized spacial score (nSPS) is 19.7. The highest BCUT2D eigenvalue weighted by molar-refractivity contribution is 6.99. The van der Waals surface area contributed by atoms with Gasteiger partial charge in [0.25, 0.3) is 8.32 Å². The number of hydrogen-bond donors (Lipinski definition) is 0. The van der Waals surface area contributed by atoms with Gasteiger partial charge in [-0.15, -0.1) is 0 Å². The minimum Gasteiger partial charge on any atom is -0.404 e. The molecule has 1 aliphatic heterocycles. The van der Waals surface area contributed by atoms with Gasteiger partial charge in [-0.25, -0.2) is 0 Å². The summed E-state index contributed by atoms with van der Waals surface area (Å²) >= 11 is 0. The van der Waals surface area contributed by atoms with Crippen LogP contribution in [-0.4, -0.2) is 40.1 Å². The van der Waals surface area contributed by atoms with Crippen LogP contribution in [-0.2, 0) is 14.0 Å². The van der Waals surface area contributed by atoms with Crippen molar-refractivity contribution in [3.8, 4) is 0 Å². The summed E-state index contributed by atoms with van der Waals surface area (Å²) in [5.41, 5.74) is -0.248. The number of methoxy groups -OCH3 is 1. The van der Waals surface area contributed by atoms with Crippen LogP contribution in [0.5, 0.6) is 0 Å². The molecule has 0 saturated heterocycles. The minimum absolute atomic E-state index is 0.111. The molecule has 1 unspecified atom stereocenters. The van der Waals surface area contributed by atoms with Gasteiger partial charge in [-0.3, -0.25) is 9.79 Å². The molecular weight excluding hydrogens is 378 g/mol. The van der Waals surface area contributed by atoms with Crippen LogP contribution in [0.3, 0.4) is 0 Å². The molecule has 0 saturated carbocycles. The lowest BCUT2D eigenvalue weighted by molar-refractivity contribution is -0.105. The van der Waals surface area contributed by atoms with E-state index in [0.29, 0.717) is 18.7 Å². The zero-order chi connectivity index (χ0) is 21.0. The maximum atomic E-state index is 11.0. The van der Waals surface area contributed by atoms with Crippen LogP contribution in [0.1, 0.15) is 27.2 Å². The van der Waals surface area contributed by atoms with Gasteiger partial charge in [0.2, 0.25) is 0 Å². The van der Waals surface area contributed by atoms with Gasteiger partial charge < -0.3 is 9.16 Å². The summed E-state index contributed by atoms with van der Waals surface area (Å²) in [6, 6.07) is 21.0. The Hall–Kier alpha value is -2.34. The Morgan fingerprint density at radius 3 is 1.97 bits per heavy atom. The average Bonchev–Trinajstić information content (AvgIpc) is 2.75. The van der Waals surface area contributed by atoms with Crippen LogP contribution < -0.4 is 10.4 Å². The maximum absolute atomic E-state index is 11.0. The lowest BCUT2D eigenvalue weighted by Crippen LogP contribution is -2.67. The van der Waals surface area contributed by atoms with E-state index in [0.717, 1.165) is 6.29 Å². The maximum Gasteiger partial charge on any atom is 0.261 e. The molecule has 2 aromatic rings. The molecule has 0 fully saturated rings. The Morgan fingerprint density at radius 1 is 1.03 bits per heavy atom. The van der Waals surface area contributed by atoms with Gasteiger partial charge in [0.05, 0.1) is 12.3 Å². The summed E-state index contributed by atoms with van der Waals surface area (Å²) in [7, 11) is -0.987. The van der Waals surface area contributed by atoms with Crippen LogP contribution in [0.15, 0.2) is 77.4 Å². The Kier molecular flexibility index (Phi) is 6.32. The van der Waals surface area contributed by atoms with Crippen molar-refractivity contribution in [3.63, 3.8) is 0 Å². The lowest BCUT2D eigenvalue weighted by atomic mass is 9.99. The van der Waals surface area contributed by atoms with Gasteiger partial charge >= 0.3 is 0 Å². The fourth-order valence-electron chi connectivity index (χ4n) is 3.94. The van der Waals surface area contributed by atoms with Crippen molar-refractivity contribution < 1.29 is 14.0 Å². The summed E-state index contributed by atoms with van der Waals surface area (Å²) in [6.07, 6.45) is 4.85. The first kappa shape index (κ1) is 21.4.